The molecule has 1 amide bonds. The first-order valence-electron chi connectivity index (χ1n) is 14.2. The molecule has 1 fully saturated rings. The Balaban J connectivity index is 1.49. The van der Waals surface area contributed by atoms with Crippen molar-refractivity contribution in [2.24, 2.45) is 5.92 Å². The molecule has 0 aliphatic heterocycles. The number of carbonyl (C=O) groups excluding carboxylic acids is 2. The SMILES string of the molecule is Cc1ncccc1N(CO)C(=O)c1ccc2c(c1)C(=O)C[C@@H]1C[C@@](O)(c3ccccc3)[C@](C)(O)CC21c1ccccc1. The van der Waals surface area contributed by atoms with E-state index in [0.29, 0.717) is 22.5 Å². The molecule has 2 aliphatic carbocycles. The van der Waals surface area contributed by atoms with Crippen LogP contribution in [0.4, 0.5) is 5.69 Å². The lowest BCUT2D eigenvalue weighted by molar-refractivity contribution is -0.198. The fourth-order valence-corrected chi connectivity index (χ4v) is 7.31. The minimum absolute atomic E-state index is 0.124. The third-order valence-electron chi connectivity index (χ3n) is 9.43. The molecule has 4 atom stereocenters. The smallest absolute Gasteiger partial charge is 0.260 e. The summed E-state index contributed by atoms with van der Waals surface area (Å²) < 4.78 is 0. The number of aromatic nitrogens is 1. The van der Waals surface area contributed by atoms with Gasteiger partial charge in [0.15, 0.2) is 5.78 Å². The van der Waals surface area contributed by atoms with E-state index in [1.165, 1.54) is 4.90 Å². The van der Waals surface area contributed by atoms with Gasteiger partial charge in [0.1, 0.15) is 12.3 Å². The molecule has 0 saturated heterocycles. The van der Waals surface area contributed by atoms with E-state index in [1.807, 2.05) is 66.7 Å². The molecular formula is C35H34N2O5. The molecule has 42 heavy (non-hydrogen) atoms. The van der Waals surface area contributed by atoms with E-state index in [2.05, 4.69) is 4.98 Å². The molecule has 6 rings (SSSR count). The van der Waals surface area contributed by atoms with Crippen molar-refractivity contribution in [3.05, 3.63) is 131 Å². The molecule has 1 aromatic heterocycles. The van der Waals surface area contributed by atoms with Gasteiger partial charge in [-0.05, 0) is 73.6 Å². The standard InChI is InChI=1S/C35H34N2O5/c1-23-30(14-9-17-36-23)37(22-38)32(40)24-15-16-29-28(18-24)31(39)19-27-20-35(42,26-12-7-4-8-13-26)33(2,41)21-34(27,29)25-10-5-3-6-11-25/h3-18,27,38,41-42H,19-22H2,1-2H3/t27-,33-,34?,35-/m1/s1. The van der Waals surface area contributed by atoms with Crippen molar-refractivity contribution in [3.63, 3.8) is 0 Å². The van der Waals surface area contributed by atoms with Crippen LogP contribution in [0.3, 0.4) is 0 Å². The number of ketones is 1. The fraction of sp³-hybridized carbons (Fsp3) is 0.286. The normalized spacial score (nSPS) is 26.7. The molecule has 0 bridgehead atoms. The number of carbonyl (C=O) groups is 2. The molecule has 7 nitrogen and oxygen atoms in total. The van der Waals surface area contributed by atoms with Crippen LogP contribution in [0.5, 0.6) is 0 Å². The van der Waals surface area contributed by atoms with Crippen LogP contribution in [0.1, 0.15) is 69.3 Å². The topological polar surface area (TPSA) is 111 Å². The van der Waals surface area contributed by atoms with Crippen molar-refractivity contribution in [2.75, 3.05) is 11.6 Å². The number of nitrogens with zero attached hydrogens (tertiary/aromatic N) is 2. The van der Waals surface area contributed by atoms with E-state index in [4.69, 9.17) is 0 Å². The summed E-state index contributed by atoms with van der Waals surface area (Å²) in [6, 6.07) is 27.5. The van der Waals surface area contributed by atoms with E-state index in [0.717, 1.165) is 11.1 Å². The number of aliphatic hydroxyl groups is 3. The third-order valence-corrected chi connectivity index (χ3v) is 9.43. The quantitative estimate of drug-likeness (QED) is 0.298. The minimum atomic E-state index is -1.56. The molecule has 2 aliphatic rings. The summed E-state index contributed by atoms with van der Waals surface area (Å²) in [7, 11) is 0. The van der Waals surface area contributed by atoms with Crippen molar-refractivity contribution in [3.8, 4) is 0 Å². The lowest BCUT2D eigenvalue weighted by Crippen LogP contribution is -2.63. The minimum Gasteiger partial charge on any atom is -0.387 e. The maximum atomic E-state index is 13.8. The second-order valence-corrected chi connectivity index (χ2v) is 11.8. The Labute approximate surface area is 245 Å². The number of aryl methyl sites for hydroxylation is 1. The zero-order valence-electron chi connectivity index (χ0n) is 23.7. The number of benzene rings is 3. The van der Waals surface area contributed by atoms with Crippen LogP contribution in [0, 0.1) is 12.8 Å². The van der Waals surface area contributed by atoms with Gasteiger partial charge in [0.25, 0.3) is 5.91 Å². The molecule has 3 N–H and O–H groups in total. The average molecular weight is 563 g/mol. The number of aliphatic hydroxyl groups excluding tert-OH is 1. The van der Waals surface area contributed by atoms with Gasteiger partial charge in [-0.25, -0.2) is 0 Å². The van der Waals surface area contributed by atoms with Gasteiger partial charge in [-0.15, -0.1) is 0 Å². The number of hydrogen-bond donors (Lipinski definition) is 3. The monoisotopic (exact) mass is 562 g/mol. The zero-order chi connectivity index (χ0) is 29.7. The Kier molecular flexibility index (Phi) is 6.84. The van der Waals surface area contributed by atoms with Crippen molar-refractivity contribution < 1.29 is 24.9 Å². The van der Waals surface area contributed by atoms with Gasteiger partial charge in [0.05, 0.1) is 17.0 Å². The van der Waals surface area contributed by atoms with E-state index in [9.17, 15) is 24.9 Å². The van der Waals surface area contributed by atoms with E-state index in [1.54, 1.807) is 44.3 Å². The first-order valence-corrected chi connectivity index (χ1v) is 14.2. The number of fused-ring (bicyclic) bond motifs is 3. The van der Waals surface area contributed by atoms with E-state index < -0.39 is 29.3 Å². The zero-order valence-corrected chi connectivity index (χ0v) is 23.7. The van der Waals surface area contributed by atoms with E-state index >= 15 is 0 Å². The summed E-state index contributed by atoms with van der Waals surface area (Å²) >= 11 is 0. The maximum Gasteiger partial charge on any atom is 0.260 e. The molecule has 1 heterocycles. The Morgan fingerprint density at radius 1 is 0.952 bits per heavy atom. The second-order valence-electron chi connectivity index (χ2n) is 11.8. The Bertz CT molecular complexity index is 1650. The Morgan fingerprint density at radius 2 is 1.62 bits per heavy atom. The van der Waals surface area contributed by atoms with Gasteiger partial charge in [0.2, 0.25) is 0 Å². The third kappa shape index (κ3) is 4.19. The summed E-state index contributed by atoms with van der Waals surface area (Å²) in [6.07, 6.45) is 2.12. The summed E-state index contributed by atoms with van der Waals surface area (Å²) in [5.74, 6) is -0.880. The average Bonchev–Trinajstić information content (AvgIpc) is 3.00. The number of amides is 1. The number of hydrogen-bond acceptors (Lipinski definition) is 6. The van der Waals surface area contributed by atoms with Crippen molar-refractivity contribution in [1.29, 1.82) is 0 Å². The second kappa shape index (κ2) is 10.3. The predicted octanol–water partition coefficient (Wildman–Crippen LogP) is 4.91. The van der Waals surface area contributed by atoms with Gasteiger partial charge in [-0.2, -0.15) is 0 Å². The fourth-order valence-electron chi connectivity index (χ4n) is 7.31. The lowest BCUT2D eigenvalue weighted by Gasteiger charge is -2.59. The molecular weight excluding hydrogens is 528 g/mol. The first kappa shape index (κ1) is 28.0. The van der Waals surface area contributed by atoms with Crippen LogP contribution >= 0.6 is 0 Å². The molecule has 1 unspecified atom stereocenters. The number of Topliss-reactive ketones (excluding diaryl/α,β-unsaturated/α-hetero) is 1. The van der Waals surface area contributed by atoms with Gasteiger partial charge < -0.3 is 15.3 Å². The molecule has 0 radical (unpaired) electrons. The van der Waals surface area contributed by atoms with Gasteiger partial charge in [-0.1, -0.05) is 66.7 Å². The molecule has 214 valence electrons. The highest BCUT2D eigenvalue weighted by Gasteiger charge is 2.63. The van der Waals surface area contributed by atoms with Crippen molar-refractivity contribution in [1.82, 2.24) is 4.98 Å². The lowest BCUT2D eigenvalue weighted by atomic mass is 9.47. The summed E-state index contributed by atoms with van der Waals surface area (Å²) in [5.41, 5.74) is 0.169. The molecule has 7 heteroatoms. The van der Waals surface area contributed by atoms with Gasteiger partial charge in [0, 0.05) is 29.2 Å². The Morgan fingerprint density at radius 3 is 2.26 bits per heavy atom. The van der Waals surface area contributed by atoms with Crippen LogP contribution in [-0.4, -0.2) is 44.3 Å². The van der Waals surface area contributed by atoms with Crippen LogP contribution in [0.25, 0.3) is 0 Å². The molecule has 1 saturated carbocycles. The van der Waals surface area contributed by atoms with Crippen molar-refractivity contribution >= 4 is 17.4 Å². The molecule has 3 aromatic carbocycles. The number of rotatable bonds is 5. The highest BCUT2D eigenvalue weighted by atomic mass is 16.4. The Hall–Kier alpha value is -4.17. The molecule has 0 spiro atoms. The predicted molar refractivity (Wildman–Crippen MR) is 159 cm³/mol. The first-order chi connectivity index (χ1) is 20.1. The maximum absolute atomic E-state index is 13.8. The highest BCUT2D eigenvalue weighted by molar-refractivity contribution is 6.09. The van der Waals surface area contributed by atoms with Crippen LogP contribution < -0.4 is 4.90 Å². The van der Waals surface area contributed by atoms with Gasteiger partial charge in [-0.3, -0.25) is 19.5 Å². The summed E-state index contributed by atoms with van der Waals surface area (Å²) in [5, 5.41) is 34.3. The number of anilines is 1. The molecule has 4 aromatic rings. The number of pyridine rings is 1. The van der Waals surface area contributed by atoms with Gasteiger partial charge >= 0.3 is 0 Å². The highest BCUT2D eigenvalue weighted by Crippen LogP contribution is 2.61. The van der Waals surface area contributed by atoms with Crippen molar-refractivity contribution in [2.45, 2.75) is 49.7 Å². The van der Waals surface area contributed by atoms with E-state index in [-0.39, 0.29) is 36.5 Å². The van der Waals surface area contributed by atoms with Crippen LogP contribution in [0.2, 0.25) is 0 Å². The summed E-state index contributed by atoms with van der Waals surface area (Å²) in [6.45, 7) is 2.88. The van der Waals surface area contributed by atoms with Crippen LogP contribution in [0.15, 0.2) is 97.2 Å². The largest absolute Gasteiger partial charge is 0.387 e. The summed E-state index contributed by atoms with van der Waals surface area (Å²) in [4.78, 5) is 33.0. The van der Waals surface area contributed by atoms with Crippen LogP contribution in [-0.2, 0) is 11.0 Å².